The molecule has 23 heavy (non-hydrogen) atoms. The van der Waals surface area contributed by atoms with Crippen LogP contribution in [0.4, 0.5) is 9.52 Å². The summed E-state index contributed by atoms with van der Waals surface area (Å²) in [6.45, 7) is 6.21. The second-order valence-corrected chi connectivity index (χ2v) is 6.92. The van der Waals surface area contributed by atoms with Gasteiger partial charge in [-0.15, -0.1) is 0 Å². The lowest BCUT2D eigenvalue weighted by molar-refractivity contribution is 0.198. The second kappa shape index (κ2) is 6.80. The van der Waals surface area contributed by atoms with Gasteiger partial charge in [-0.05, 0) is 20.3 Å². The van der Waals surface area contributed by atoms with Crippen molar-refractivity contribution in [2.45, 2.75) is 32.9 Å². The van der Waals surface area contributed by atoms with Crippen molar-refractivity contribution in [2.24, 2.45) is 0 Å². The highest BCUT2D eigenvalue weighted by Crippen LogP contribution is 2.26. The van der Waals surface area contributed by atoms with Crippen molar-refractivity contribution >= 4 is 16.5 Å². The summed E-state index contributed by atoms with van der Waals surface area (Å²) in [5.41, 5.74) is 1.92. The van der Waals surface area contributed by atoms with Crippen LogP contribution in [0, 0.1) is 19.8 Å². The Bertz CT molecular complexity index is 670. The fourth-order valence-corrected chi connectivity index (χ4v) is 3.67. The highest BCUT2D eigenvalue weighted by Gasteiger charge is 2.26. The molecule has 1 saturated heterocycles. The molecule has 5 nitrogen and oxygen atoms in total. The molecule has 0 aromatic carbocycles. The summed E-state index contributed by atoms with van der Waals surface area (Å²) >= 11 is 1.37. The fourth-order valence-electron chi connectivity index (χ4n) is 2.83. The normalized spacial score (nSPS) is 18.3. The zero-order valence-electron chi connectivity index (χ0n) is 13.6. The maximum Gasteiger partial charge on any atom is 0.230 e. The zero-order chi connectivity index (χ0) is 16.4. The first-order valence-corrected chi connectivity index (χ1v) is 8.52. The van der Waals surface area contributed by atoms with Crippen LogP contribution < -0.4 is 10.1 Å². The highest BCUT2D eigenvalue weighted by molar-refractivity contribution is 7.15. The van der Waals surface area contributed by atoms with Gasteiger partial charge in [0.05, 0.1) is 4.88 Å². The van der Waals surface area contributed by atoms with Crippen molar-refractivity contribution in [1.82, 2.24) is 14.9 Å². The predicted molar refractivity (Wildman–Crippen MR) is 89.6 cm³/mol. The molecule has 1 unspecified atom stereocenters. The summed E-state index contributed by atoms with van der Waals surface area (Å²) in [4.78, 5) is 11.1. The second-order valence-electron chi connectivity index (χ2n) is 5.83. The van der Waals surface area contributed by atoms with Crippen LogP contribution in [0.1, 0.15) is 22.7 Å². The number of ether oxygens (including phenoxy) is 1. The number of hydrogen-bond acceptors (Lipinski definition) is 6. The molecule has 0 aliphatic carbocycles. The summed E-state index contributed by atoms with van der Waals surface area (Å²) in [6, 6.07) is 3.91. The van der Waals surface area contributed by atoms with E-state index in [1.54, 1.807) is 7.05 Å². The average molecular weight is 336 g/mol. The standard InChI is InChI=1S/C16H21FN4OS/c1-10-6-13(7-11(2)19-10)22-12-4-5-21(8-12)9-14-15(17)20-16(18-3)23-14/h6-7,12H,4-5,8-9H2,1-3H3,(H,18,20). The number of likely N-dealkylation sites (tertiary alicyclic amines) is 1. The van der Waals surface area contributed by atoms with Crippen molar-refractivity contribution < 1.29 is 9.13 Å². The van der Waals surface area contributed by atoms with E-state index >= 15 is 0 Å². The maximum absolute atomic E-state index is 13.8. The molecule has 0 bridgehead atoms. The van der Waals surface area contributed by atoms with E-state index in [1.807, 2.05) is 26.0 Å². The Balaban J connectivity index is 1.58. The van der Waals surface area contributed by atoms with Gasteiger partial charge in [0.1, 0.15) is 11.9 Å². The smallest absolute Gasteiger partial charge is 0.230 e. The molecular weight excluding hydrogens is 315 g/mol. The number of thiazole rings is 1. The first kappa shape index (κ1) is 16.1. The largest absolute Gasteiger partial charge is 0.489 e. The van der Waals surface area contributed by atoms with E-state index in [0.717, 1.165) is 36.6 Å². The molecule has 0 spiro atoms. The molecule has 124 valence electrons. The highest BCUT2D eigenvalue weighted by atomic mass is 32.1. The molecule has 1 aliphatic heterocycles. The van der Waals surface area contributed by atoms with E-state index in [-0.39, 0.29) is 12.1 Å². The summed E-state index contributed by atoms with van der Waals surface area (Å²) in [5.74, 6) is 0.493. The molecule has 3 rings (SSSR count). The Morgan fingerprint density at radius 3 is 2.74 bits per heavy atom. The number of hydrogen-bond donors (Lipinski definition) is 1. The summed E-state index contributed by atoms with van der Waals surface area (Å²) < 4.78 is 19.8. The van der Waals surface area contributed by atoms with Gasteiger partial charge in [-0.2, -0.15) is 9.37 Å². The van der Waals surface area contributed by atoms with Gasteiger partial charge in [0, 0.05) is 50.2 Å². The van der Waals surface area contributed by atoms with Crippen LogP contribution in [-0.2, 0) is 6.54 Å². The minimum Gasteiger partial charge on any atom is -0.489 e. The molecule has 2 aromatic rings. The van der Waals surface area contributed by atoms with Gasteiger partial charge < -0.3 is 10.1 Å². The maximum atomic E-state index is 13.8. The van der Waals surface area contributed by atoms with Gasteiger partial charge in [-0.3, -0.25) is 9.88 Å². The van der Waals surface area contributed by atoms with Crippen molar-refractivity contribution in [3.05, 3.63) is 34.3 Å². The first-order chi connectivity index (χ1) is 11.0. The van der Waals surface area contributed by atoms with Crippen LogP contribution in [0.25, 0.3) is 0 Å². The van der Waals surface area contributed by atoms with Gasteiger partial charge in [0.2, 0.25) is 5.95 Å². The third kappa shape index (κ3) is 3.97. The first-order valence-electron chi connectivity index (χ1n) is 7.70. The topological polar surface area (TPSA) is 50.3 Å². The van der Waals surface area contributed by atoms with Crippen LogP contribution in [0.15, 0.2) is 12.1 Å². The molecule has 0 saturated carbocycles. The third-order valence-electron chi connectivity index (χ3n) is 3.82. The molecule has 1 atom stereocenters. The van der Waals surface area contributed by atoms with Gasteiger partial charge in [0.25, 0.3) is 0 Å². The number of nitrogens with one attached hydrogen (secondary N) is 1. The van der Waals surface area contributed by atoms with Crippen LogP contribution in [0.2, 0.25) is 0 Å². The van der Waals surface area contributed by atoms with Crippen molar-refractivity contribution in [2.75, 3.05) is 25.5 Å². The van der Waals surface area contributed by atoms with E-state index in [4.69, 9.17) is 4.74 Å². The molecule has 0 radical (unpaired) electrons. The minimum absolute atomic E-state index is 0.135. The minimum atomic E-state index is -0.371. The van der Waals surface area contributed by atoms with E-state index in [2.05, 4.69) is 20.2 Å². The summed E-state index contributed by atoms with van der Waals surface area (Å²) in [5, 5.41) is 3.50. The Labute approximate surface area is 139 Å². The van der Waals surface area contributed by atoms with Crippen LogP contribution in [0.3, 0.4) is 0 Å². The molecular formula is C16H21FN4OS. The Hall–Kier alpha value is -1.73. The fraction of sp³-hybridized carbons (Fsp3) is 0.500. The molecule has 1 fully saturated rings. The van der Waals surface area contributed by atoms with Crippen molar-refractivity contribution in [1.29, 1.82) is 0 Å². The van der Waals surface area contributed by atoms with Gasteiger partial charge >= 0.3 is 0 Å². The number of nitrogens with zero attached hydrogens (tertiary/aromatic N) is 3. The van der Waals surface area contributed by atoms with Crippen molar-refractivity contribution in [3.8, 4) is 5.75 Å². The van der Waals surface area contributed by atoms with E-state index in [9.17, 15) is 4.39 Å². The Kier molecular flexibility index (Phi) is 4.77. The van der Waals surface area contributed by atoms with Crippen LogP contribution in [0.5, 0.6) is 5.75 Å². The van der Waals surface area contributed by atoms with E-state index in [0.29, 0.717) is 16.6 Å². The average Bonchev–Trinajstić information content (AvgIpc) is 3.05. The Morgan fingerprint density at radius 1 is 1.35 bits per heavy atom. The molecule has 1 N–H and O–H groups in total. The van der Waals surface area contributed by atoms with Crippen molar-refractivity contribution in [3.63, 3.8) is 0 Å². The molecule has 2 aromatic heterocycles. The van der Waals surface area contributed by atoms with Crippen LogP contribution >= 0.6 is 11.3 Å². The number of rotatable bonds is 5. The van der Waals surface area contributed by atoms with Gasteiger partial charge in [-0.1, -0.05) is 11.3 Å². The quantitative estimate of drug-likeness (QED) is 0.910. The summed E-state index contributed by atoms with van der Waals surface area (Å²) in [7, 11) is 1.75. The molecule has 0 amide bonds. The molecule has 3 heterocycles. The predicted octanol–water partition coefficient (Wildman–Crippen LogP) is 2.99. The number of aromatic nitrogens is 2. The number of pyridine rings is 1. The SMILES string of the molecule is CNc1nc(F)c(CN2CCC(Oc3cc(C)nc(C)c3)C2)s1. The summed E-state index contributed by atoms with van der Waals surface area (Å²) in [6.07, 6.45) is 1.08. The number of anilines is 1. The van der Waals surface area contributed by atoms with E-state index in [1.165, 1.54) is 11.3 Å². The Morgan fingerprint density at radius 2 is 2.09 bits per heavy atom. The molecule has 7 heteroatoms. The van der Waals surface area contributed by atoms with Gasteiger partial charge in [0.15, 0.2) is 5.13 Å². The third-order valence-corrected chi connectivity index (χ3v) is 4.85. The zero-order valence-corrected chi connectivity index (χ0v) is 14.4. The number of halogens is 1. The van der Waals surface area contributed by atoms with E-state index < -0.39 is 0 Å². The van der Waals surface area contributed by atoms with Crippen LogP contribution in [-0.4, -0.2) is 41.1 Å². The monoisotopic (exact) mass is 336 g/mol. The number of aryl methyl sites for hydroxylation is 2. The lowest BCUT2D eigenvalue weighted by Gasteiger charge is -2.16. The van der Waals surface area contributed by atoms with Gasteiger partial charge in [-0.25, -0.2) is 0 Å². The lowest BCUT2D eigenvalue weighted by Crippen LogP contribution is -2.24. The lowest BCUT2D eigenvalue weighted by atomic mass is 10.3. The molecule has 1 aliphatic rings.